The van der Waals surface area contributed by atoms with Crippen LogP contribution in [0.1, 0.15) is 32.4 Å². The van der Waals surface area contributed by atoms with Crippen LogP contribution in [0.2, 0.25) is 0 Å². The molecule has 0 unspecified atom stereocenters. The number of hydrogen-bond acceptors (Lipinski definition) is 3. The number of urea groups is 1. The number of alkyl halides is 3. The summed E-state index contributed by atoms with van der Waals surface area (Å²) < 4.78 is 43.2. The van der Waals surface area contributed by atoms with Crippen LogP contribution in [-0.2, 0) is 6.18 Å². The Morgan fingerprint density at radius 3 is 2.62 bits per heavy atom. The van der Waals surface area contributed by atoms with E-state index in [-0.39, 0.29) is 23.9 Å². The molecule has 0 saturated carbocycles. The predicted octanol–water partition coefficient (Wildman–Crippen LogP) is 3.31. The molecule has 1 fully saturated rings. The third-order valence-corrected chi connectivity index (χ3v) is 3.79. The van der Waals surface area contributed by atoms with E-state index in [1.807, 2.05) is 13.8 Å². The van der Waals surface area contributed by atoms with E-state index in [0.717, 1.165) is 18.9 Å². The monoisotopic (exact) mass is 345 g/mol. The number of carbonyl (C=O) groups is 1. The van der Waals surface area contributed by atoms with Crippen molar-refractivity contribution in [2.75, 3.05) is 19.7 Å². The maximum Gasteiger partial charge on any atom is 0.433 e. The van der Waals surface area contributed by atoms with Crippen LogP contribution in [0.3, 0.4) is 0 Å². The van der Waals surface area contributed by atoms with E-state index in [4.69, 9.17) is 4.74 Å². The van der Waals surface area contributed by atoms with Gasteiger partial charge in [0.05, 0.1) is 6.61 Å². The molecule has 1 aromatic heterocycles. The number of ether oxygens (including phenoxy) is 1. The number of nitrogens with one attached hydrogen (secondary N) is 1. The molecule has 0 aromatic carbocycles. The number of carbonyl (C=O) groups excluding carboxylic acids is 1. The molecule has 2 amide bonds. The predicted molar refractivity (Wildman–Crippen MR) is 82.7 cm³/mol. The molecular formula is C16H22F3N3O2. The highest BCUT2D eigenvalue weighted by Crippen LogP contribution is 2.28. The Morgan fingerprint density at radius 1 is 1.38 bits per heavy atom. The van der Waals surface area contributed by atoms with Gasteiger partial charge in [0.25, 0.3) is 0 Å². The average molecular weight is 345 g/mol. The number of aromatic nitrogens is 1. The highest BCUT2D eigenvalue weighted by Gasteiger charge is 2.32. The maximum absolute atomic E-state index is 12.6. The Kier molecular flexibility index (Phi) is 5.90. The third kappa shape index (κ3) is 5.28. The largest absolute Gasteiger partial charge is 0.477 e. The highest BCUT2D eigenvalue weighted by molar-refractivity contribution is 5.74. The van der Waals surface area contributed by atoms with E-state index < -0.39 is 11.9 Å². The van der Waals surface area contributed by atoms with E-state index >= 15 is 0 Å². The average Bonchev–Trinajstić information content (AvgIpc) is 2.52. The first kappa shape index (κ1) is 18.4. The van der Waals surface area contributed by atoms with Crippen molar-refractivity contribution in [1.29, 1.82) is 0 Å². The molecule has 0 radical (unpaired) electrons. The van der Waals surface area contributed by atoms with Crippen molar-refractivity contribution < 1.29 is 22.7 Å². The Labute approximate surface area is 139 Å². The van der Waals surface area contributed by atoms with Crippen molar-refractivity contribution in [2.45, 2.75) is 38.9 Å². The second-order valence-corrected chi connectivity index (χ2v) is 6.20. The lowest BCUT2D eigenvalue weighted by atomic mass is 9.98. The zero-order chi connectivity index (χ0) is 17.7. The van der Waals surface area contributed by atoms with Crippen molar-refractivity contribution in [1.82, 2.24) is 15.2 Å². The molecule has 1 N–H and O–H groups in total. The van der Waals surface area contributed by atoms with Gasteiger partial charge in [-0.25, -0.2) is 9.78 Å². The summed E-state index contributed by atoms with van der Waals surface area (Å²) in [7, 11) is 0. The molecule has 0 spiro atoms. The molecule has 1 saturated heterocycles. The van der Waals surface area contributed by atoms with Crippen LogP contribution in [0.4, 0.5) is 18.0 Å². The van der Waals surface area contributed by atoms with Crippen LogP contribution in [0, 0.1) is 5.92 Å². The maximum atomic E-state index is 12.6. The molecule has 8 heteroatoms. The van der Waals surface area contributed by atoms with Crippen molar-refractivity contribution in [3.63, 3.8) is 0 Å². The summed E-state index contributed by atoms with van der Waals surface area (Å²) >= 11 is 0. The topological polar surface area (TPSA) is 54.5 Å². The van der Waals surface area contributed by atoms with E-state index in [0.29, 0.717) is 19.7 Å². The van der Waals surface area contributed by atoms with Crippen LogP contribution in [0.15, 0.2) is 18.2 Å². The molecule has 24 heavy (non-hydrogen) atoms. The van der Waals surface area contributed by atoms with Crippen LogP contribution in [-0.4, -0.2) is 41.7 Å². The number of likely N-dealkylation sites (tertiary alicyclic amines) is 1. The minimum Gasteiger partial charge on any atom is -0.477 e. The van der Waals surface area contributed by atoms with Gasteiger partial charge in [-0.3, -0.25) is 0 Å². The van der Waals surface area contributed by atoms with Crippen LogP contribution in [0.5, 0.6) is 5.88 Å². The van der Waals surface area contributed by atoms with Gasteiger partial charge in [-0.15, -0.1) is 0 Å². The Bertz CT molecular complexity index is 556. The number of rotatable bonds is 4. The zero-order valence-electron chi connectivity index (χ0n) is 13.8. The summed E-state index contributed by atoms with van der Waals surface area (Å²) in [4.78, 5) is 17.1. The SMILES string of the molecule is CC(C)NC(=O)N1CCC(COc2cccc(C(F)(F)F)n2)CC1. The van der Waals surface area contributed by atoms with Gasteiger partial charge in [0.2, 0.25) is 5.88 Å². The van der Waals surface area contributed by atoms with Crippen molar-refractivity contribution in [3.05, 3.63) is 23.9 Å². The number of amides is 2. The van der Waals surface area contributed by atoms with Gasteiger partial charge in [0.1, 0.15) is 5.69 Å². The fraction of sp³-hybridized carbons (Fsp3) is 0.625. The number of halogens is 3. The van der Waals surface area contributed by atoms with Crippen LogP contribution < -0.4 is 10.1 Å². The molecule has 1 aliphatic rings. The Morgan fingerprint density at radius 2 is 2.04 bits per heavy atom. The second-order valence-electron chi connectivity index (χ2n) is 6.20. The molecule has 5 nitrogen and oxygen atoms in total. The van der Waals surface area contributed by atoms with Gasteiger partial charge in [-0.2, -0.15) is 13.2 Å². The molecule has 2 rings (SSSR count). The van der Waals surface area contributed by atoms with Gasteiger partial charge < -0.3 is 15.0 Å². The van der Waals surface area contributed by atoms with Crippen LogP contribution in [0.25, 0.3) is 0 Å². The summed E-state index contributed by atoms with van der Waals surface area (Å²) in [5, 5.41) is 2.84. The van der Waals surface area contributed by atoms with Crippen molar-refractivity contribution >= 4 is 6.03 Å². The van der Waals surface area contributed by atoms with Gasteiger partial charge >= 0.3 is 12.2 Å². The minimum absolute atomic E-state index is 0.0233. The number of piperidine rings is 1. The number of nitrogens with zero attached hydrogens (tertiary/aromatic N) is 2. The molecule has 1 aromatic rings. The smallest absolute Gasteiger partial charge is 0.433 e. The van der Waals surface area contributed by atoms with Crippen molar-refractivity contribution in [2.24, 2.45) is 5.92 Å². The molecule has 134 valence electrons. The molecule has 1 aliphatic heterocycles. The Balaban J connectivity index is 1.80. The zero-order valence-corrected chi connectivity index (χ0v) is 13.8. The Hall–Kier alpha value is -1.99. The van der Waals surface area contributed by atoms with Gasteiger partial charge in [0.15, 0.2) is 0 Å². The fourth-order valence-corrected chi connectivity index (χ4v) is 2.50. The first-order valence-corrected chi connectivity index (χ1v) is 7.98. The molecule has 0 bridgehead atoms. The van der Waals surface area contributed by atoms with Crippen LogP contribution >= 0.6 is 0 Å². The fourth-order valence-electron chi connectivity index (χ4n) is 2.50. The van der Waals surface area contributed by atoms with E-state index in [9.17, 15) is 18.0 Å². The lowest BCUT2D eigenvalue weighted by molar-refractivity contribution is -0.141. The molecular weight excluding hydrogens is 323 g/mol. The first-order chi connectivity index (χ1) is 11.3. The molecule has 2 heterocycles. The van der Waals surface area contributed by atoms with Gasteiger partial charge in [-0.05, 0) is 38.7 Å². The lowest BCUT2D eigenvalue weighted by Gasteiger charge is -2.32. The third-order valence-electron chi connectivity index (χ3n) is 3.79. The number of hydrogen-bond donors (Lipinski definition) is 1. The summed E-state index contributed by atoms with van der Waals surface area (Å²) in [5.74, 6) is 0.175. The van der Waals surface area contributed by atoms with Gasteiger partial charge in [0, 0.05) is 25.2 Å². The van der Waals surface area contributed by atoms with Gasteiger partial charge in [-0.1, -0.05) is 6.07 Å². The quantitative estimate of drug-likeness (QED) is 0.911. The summed E-state index contributed by atoms with van der Waals surface area (Å²) in [6, 6.07) is 3.62. The normalized spacial score (nSPS) is 16.3. The van der Waals surface area contributed by atoms with Crippen molar-refractivity contribution in [3.8, 4) is 5.88 Å². The minimum atomic E-state index is -4.48. The summed E-state index contributed by atoms with van der Waals surface area (Å²) in [6.07, 6.45) is -2.97. The van der Waals surface area contributed by atoms with E-state index in [1.54, 1.807) is 4.90 Å². The van der Waals surface area contributed by atoms with E-state index in [2.05, 4.69) is 10.3 Å². The molecule has 0 atom stereocenters. The standard InChI is InChI=1S/C16H22F3N3O2/c1-11(2)20-15(23)22-8-6-12(7-9-22)10-24-14-5-3-4-13(21-14)16(17,18)19/h3-5,11-12H,6-10H2,1-2H3,(H,20,23). The lowest BCUT2D eigenvalue weighted by Crippen LogP contribution is -2.47. The number of pyridine rings is 1. The highest BCUT2D eigenvalue weighted by atomic mass is 19.4. The first-order valence-electron chi connectivity index (χ1n) is 7.98. The summed E-state index contributed by atoms with van der Waals surface area (Å²) in [6.45, 7) is 5.33. The second kappa shape index (κ2) is 7.72. The summed E-state index contributed by atoms with van der Waals surface area (Å²) in [5.41, 5.74) is -0.958. The van der Waals surface area contributed by atoms with E-state index in [1.165, 1.54) is 12.1 Å². The molecule has 0 aliphatic carbocycles.